The van der Waals surface area contributed by atoms with Gasteiger partial charge in [-0.3, -0.25) is 4.79 Å². The highest BCUT2D eigenvalue weighted by Gasteiger charge is 2.27. The number of rotatable bonds is 5. The molecule has 0 radical (unpaired) electrons. The number of hydrogen-bond donors (Lipinski definition) is 1. The predicted octanol–water partition coefficient (Wildman–Crippen LogP) is 2.51. The van der Waals surface area contributed by atoms with E-state index in [1.165, 1.54) is 0 Å². The summed E-state index contributed by atoms with van der Waals surface area (Å²) in [6, 6.07) is 11.9. The fourth-order valence-corrected chi connectivity index (χ4v) is 2.91. The van der Waals surface area contributed by atoms with Crippen molar-refractivity contribution in [1.82, 2.24) is 20.0 Å². The highest BCUT2D eigenvalue weighted by Crippen LogP contribution is 2.14. The molecule has 2 heterocycles. The highest BCUT2D eigenvalue weighted by atomic mass is 35.5. The van der Waals surface area contributed by atoms with Crippen molar-refractivity contribution in [1.29, 1.82) is 0 Å². The van der Waals surface area contributed by atoms with Crippen LogP contribution in [0.4, 0.5) is 0 Å². The Kier molecular flexibility index (Phi) is 6.19. The summed E-state index contributed by atoms with van der Waals surface area (Å²) in [5.74, 6) is 0.0326. The molecule has 1 unspecified atom stereocenters. The molecule has 1 atom stereocenters. The van der Waals surface area contributed by atoms with Gasteiger partial charge in [-0.05, 0) is 37.6 Å². The summed E-state index contributed by atoms with van der Waals surface area (Å²) in [5, 5.41) is 7.79. The molecule has 1 aliphatic heterocycles. The number of carbonyl (C=O) groups excluding carboxylic acids is 1. The van der Waals surface area contributed by atoms with Crippen molar-refractivity contribution in [3.63, 3.8) is 0 Å². The number of nitrogens with zero attached hydrogens (tertiary/aromatic N) is 3. The second-order valence-corrected chi connectivity index (χ2v) is 5.63. The van der Waals surface area contributed by atoms with Gasteiger partial charge < -0.3 is 10.2 Å². The number of hydrogen-bond acceptors (Lipinski definition) is 3. The molecule has 3 rings (SSSR count). The van der Waals surface area contributed by atoms with E-state index >= 15 is 0 Å². The third kappa shape index (κ3) is 3.92. The molecule has 23 heavy (non-hydrogen) atoms. The van der Waals surface area contributed by atoms with Crippen molar-refractivity contribution < 1.29 is 4.79 Å². The van der Waals surface area contributed by atoms with E-state index in [9.17, 15) is 4.79 Å². The van der Waals surface area contributed by atoms with Gasteiger partial charge in [0, 0.05) is 25.3 Å². The van der Waals surface area contributed by atoms with Gasteiger partial charge >= 0.3 is 0 Å². The molecule has 1 aliphatic rings. The maximum Gasteiger partial charge on any atom is 0.274 e. The van der Waals surface area contributed by atoms with Crippen LogP contribution in [-0.2, 0) is 0 Å². The number of para-hydroxylation sites is 1. The maximum atomic E-state index is 12.8. The van der Waals surface area contributed by atoms with Crippen LogP contribution in [0, 0.1) is 0 Å². The van der Waals surface area contributed by atoms with Gasteiger partial charge in [-0.1, -0.05) is 25.1 Å². The fourth-order valence-electron chi connectivity index (χ4n) is 2.91. The van der Waals surface area contributed by atoms with Crippen molar-refractivity contribution in [2.45, 2.75) is 25.8 Å². The van der Waals surface area contributed by atoms with Gasteiger partial charge in [-0.2, -0.15) is 5.10 Å². The third-order valence-electron chi connectivity index (χ3n) is 4.03. The van der Waals surface area contributed by atoms with E-state index in [1.807, 2.05) is 41.4 Å². The minimum atomic E-state index is 0. The van der Waals surface area contributed by atoms with Crippen LogP contribution in [0.5, 0.6) is 0 Å². The van der Waals surface area contributed by atoms with Gasteiger partial charge in [0.1, 0.15) is 0 Å². The van der Waals surface area contributed by atoms with Gasteiger partial charge in [-0.25, -0.2) is 4.68 Å². The Hall–Kier alpha value is -1.85. The molecule has 1 N–H and O–H groups in total. The lowest BCUT2D eigenvalue weighted by Crippen LogP contribution is -2.42. The Labute approximate surface area is 143 Å². The summed E-state index contributed by atoms with van der Waals surface area (Å²) in [6.07, 6.45) is 3.83. The van der Waals surface area contributed by atoms with E-state index in [1.54, 1.807) is 10.7 Å². The normalized spacial score (nSPS) is 16.8. The van der Waals surface area contributed by atoms with E-state index in [4.69, 9.17) is 0 Å². The third-order valence-corrected chi connectivity index (χ3v) is 4.03. The number of benzene rings is 1. The van der Waals surface area contributed by atoms with E-state index in [-0.39, 0.29) is 24.4 Å². The van der Waals surface area contributed by atoms with Crippen LogP contribution in [0.2, 0.25) is 0 Å². The molecular formula is C17H23ClN4O. The lowest BCUT2D eigenvalue weighted by atomic mass is 10.2. The molecule has 2 aromatic rings. The quantitative estimate of drug-likeness (QED) is 0.914. The smallest absolute Gasteiger partial charge is 0.274 e. The Morgan fingerprint density at radius 3 is 2.78 bits per heavy atom. The largest absolute Gasteiger partial charge is 0.333 e. The van der Waals surface area contributed by atoms with Gasteiger partial charge in [0.15, 0.2) is 5.69 Å². The van der Waals surface area contributed by atoms with E-state index in [0.717, 1.165) is 38.2 Å². The molecule has 0 bridgehead atoms. The molecule has 124 valence electrons. The molecule has 5 nitrogen and oxygen atoms in total. The van der Waals surface area contributed by atoms with Crippen molar-refractivity contribution in [2.24, 2.45) is 0 Å². The first-order chi connectivity index (χ1) is 10.8. The summed E-state index contributed by atoms with van der Waals surface area (Å²) in [5.41, 5.74) is 1.48. The Morgan fingerprint density at radius 1 is 1.35 bits per heavy atom. The van der Waals surface area contributed by atoms with Crippen molar-refractivity contribution in [3.8, 4) is 5.69 Å². The molecule has 6 heteroatoms. The van der Waals surface area contributed by atoms with E-state index in [0.29, 0.717) is 5.69 Å². The van der Waals surface area contributed by atoms with Gasteiger partial charge in [0.05, 0.1) is 5.69 Å². The summed E-state index contributed by atoms with van der Waals surface area (Å²) >= 11 is 0. The molecule has 1 saturated heterocycles. The molecule has 1 aromatic heterocycles. The van der Waals surface area contributed by atoms with Crippen molar-refractivity contribution in [2.75, 3.05) is 19.6 Å². The van der Waals surface area contributed by atoms with Crippen LogP contribution in [0.1, 0.15) is 30.3 Å². The molecule has 1 fully saturated rings. The Bertz CT molecular complexity index is 623. The highest BCUT2D eigenvalue weighted by molar-refractivity contribution is 5.92. The average molecular weight is 335 g/mol. The minimum Gasteiger partial charge on any atom is -0.333 e. The minimum absolute atomic E-state index is 0. The molecule has 0 aliphatic carbocycles. The van der Waals surface area contributed by atoms with Crippen molar-refractivity contribution in [3.05, 3.63) is 48.3 Å². The van der Waals surface area contributed by atoms with Crippen molar-refractivity contribution >= 4 is 18.3 Å². The molecule has 1 amide bonds. The second kappa shape index (κ2) is 8.13. The average Bonchev–Trinajstić information content (AvgIpc) is 3.24. The van der Waals surface area contributed by atoms with Crippen LogP contribution in [0.3, 0.4) is 0 Å². The fraction of sp³-hybridized carbons (Fsp3) is 0.412. The Morgan fingerprint density at radius 2 is 2.13 bits per heavy atom. The first kappa shape index (κ1) is 17.5. The van der Waals surface area contributed by atoms with Crippen LogP contribution in [0.25, 0.3) is 5.69 Å². The molecular weight excluding hydrogens is 312 g/mol. The zero-order valence-corrected chi connectivity index (χ0v) is 14.1. The Balaban J connectivity index is 0.00000192. The second-order valence-electron chi connectivity index (χ2n) is 5.63. The first-order valence-corrected chi connectivity index (χ1v) is 7.92. The number of amides is 1. The summed E-state index contributed by atoms with van der Waals surface area (Å²) < 4.78 is 1.75. The summed E-state index contributed by atoms with van der Waals surface area (Å²) in [7, 11) is 0. The van der Waals surface area contributed by atoms with Crippen LogP contribution < -0.4 is 5.32 Å². The number of carbonyl (C=O) groups is 1. The SMILES string of the molecule is CCCN(C(=O)c1ccn(-c2ccccc2)n1)C1CCNC1.Cl. The topological polar surface area (TPSA) is 50.2 Å². The van der Waals surface area contributed by atoms with E-state index in [2.05, 4.69) is 17.3 Å². The maximum absolute atomic E-state index is 12.8. The van der Waals surface area contributed by atoms with Gasteiger partial charge in [0.25, 0.3) is 5.91 Å². The predicted molar refractivity (Wildman–Crippen MR) is 93.4 cm³/mol. The monoisotopic (exact) mass is 334 g/mol. The van der Waals surface area contributed by atoms with Crippen LogP contribution in [0.15, 0.2) is 42.6 Å². The lowest BCUT2D eigenvalue weighted by Gasteiger charge is -2.27. The number of nitrogens with one attached hydrogen (secondary N) is 1. The van der Waals surface area contributed by atoms with Crippen LogP contribution >= 0.6 is 12.4 Å². The molecule has 0 spiro atoms. The first-order valence-electron chi connectivity index (χ1n) is 7.92. The number of aromatic nitrogens is 2. The standard InChI is InChI=1S/C17H22N4O.ClH/c1-2-11-20(15-8-10-18-13-15)17(22)16-9-12-21(19-16)14-6-4-3-5-7-14;/h3-7,9,12,15,18H,2,8,10-11,13H2,1H3;1H. The number of halogens is 1. The van der Waals surface area contributed by atoms with Gasteiger partial charge in [0.2, 0.25) is 0 Å². The molecule has 0 saturated carbocycles. The van der Waals surface area contributed by atoms with Gasteiger partial charge in [-0.15, -0.1) is 12.4 Å². The lowest BCUT2D eigenvalue weighted by molar-refractivity contribution is 0.0685. The zero-order valence-electron chi connectivity index (χ0n) is 13.3. The molecule has 1 aromatic carbocycles. The van der Waals surface area contributed by atoms with Crippen LogP contribution in [-0.4, -0.2) is 46.3 Å². The summed E-state index contributed by atoms with van der Waals surface area (Å²) in [4.78, 5) is 14.8. The summed E-state index contributed by atoms with van der Waals surface area (Å²) in [6.45, 7) is 4.75. The van der Waals surface area contributed by atoms with E-state index < -0.39 is 0 Å². The zero-order chi connectivity index (χ0) is 15.4.